The van der Waals surface area contributed by atoms with Crippen molar-refractivity contribution in [2.24, 2.45) is 7.05 Å². The third-order valence-electron chi connectivity index (χ3n) is 5.40. The van der Waals surface area contributed by atoms with Gasteiger partial charge in [-0.15, -0.1) is 0 Å². The molecule has 3 heterocycles. The summed E-state index contributed by atoms with van der Waals surface area (Å²) in [5.41, 5.74) is 3.59. The van der Waals surface area contributed by atoms with Crippen LogP contribution in [0.3, 0.4) is 0 Å². The van der Waals surface area contributed by atoms with Gasteiger partial charge >= 0.3 is 0 Å². The lowest BCUT2D eigenvalue weighted by molar-refractivity contribution is -0.115. The number of amides is 2. The number of likely N-dealkylation sites (N-methyl/N-ethyl adjacent to an activating group) is 1. The van der Waals surface area contributed by atoms with Gasteiger partial charge in [0.25, 0.3) is 12.3 Å². The van der Waals surface area contributed by atoms with Crippen LogP contribution in [0.2, 0.25) is 0 Å². The van der Waals surface area contributed by atoms with Crippen LogP contribution in [-0.4, -0.2) is 44.7 Å². The van der Waals surface area contributed by atoms with E-state index in [1.165, 1.54) is 23.3 Å². The van der Waals surface area contributed by atoms with Crippen LogP contribution >= 0.6 is 0 Å². The number of allylic oxidation sites excluding steroid dienone is 1. The Labute approximate surface area is 208 Å². The molecular formula is C25H29F2N7O2. The van der Waals surface area contributed by atoms with Crippen LogP contribution in [0.25, 0.3) is 11.6 Å². The summed E-state index contributed by atoms with van der Waals surface area (Å²) < 4.78 is 28.1. The Hall–Kier alpha value is -3.99. The smallest absolute Gasteiger partial charge is 0.282 e. The van der Waals surface area contributed by atoms with E-state index in [4.69, 9.17) is 0 Å². The van der Waals surface area contributed by atoms with E-state index in [1.54, 1.807) is 46.0 Å². The Bertz CT molecular complexity index is 1300. The van der Waals surface area contributed by atoms with E-state index in [1.807, 2.05) is 6.92 Å². The number of aryl methyl sites for hydroxylation is 3. The molecule has 0 unspecified atom stereocenters. The highest BCUT2D eigenvalue weighted by atomic mass is 19.3. The van der Waals surface area contributed by atoms with Gasteiger partial charge in [0.1, 0.15) is 5.69 Å². The predicted octanol–water partition coefficient (Wildman–Crippen LogP) is 4.13. The summed E-state index contributed by atoms with van der Waals surface area (Å²) in [6.07, 6.45) is 3.49. The molecule has 0 aliphatic heterocycles. The minimum Gasteiger partial charge on any atom is -0.324 e. The number of nitrogens with one attached hydrogen (secondary N) is 3. The van der Waals surface area contributed by atoms with Gasteiger partial charge in [-0.05, 0) is 56.7 Å². The van der Waals surface area contributed by atoms with E-state index in [9.17, 15) is 18.4 Å². The van der Waals surface area contributed by atoms with Crippen molar-refractivity contribution in [3.05, 3.63) is 64.5 Å². The van der Waals surface area contributed by atoms with E-state index in [0.717, 1.165) is 0 Å². The van der Waals surface area contributed by atoms with Crippen LogP contribution in [-0.2, 0) is 11.8 Å². The fourth-order valence-electron chi connectivity index (χ4n) is 3.47. The second kappa shape index (κ2) is 11.6. The fraction of sp³-hybridized carbons (Fsp3) is 0.320. The lowest BCUT2D eigenvalue weighted by Gasteiger charge is -2.12. The quantitative estimate of drug-likeness (QED) is 0.410. The summed E-state index contributed by atoms with van der Waals surface area (Å²) in [5, 5.41) is 12.3. The minimum absolute atomic E-state index is 0.161. The van der Waals surface area contributed by atoms with Gasteiger partial charge in [-0.2, -0.15) is 5.10 Å². The van der Waals surface area contributed by atoms with Crippen molar-refractivity contribution in [1.29, 1.82) is 0 Å². The highest BCUT2D eigenvalue weighted by molar-refractivity contribution is 6.05. The molecule has 3 N–H and O–H groups in total. The largest absolute Gasteiger partial charge is 0.324 e. The van der Waals surface area contributed by atoms with Crippen LogP contribution in [0.1, 0.15) is 58.8 Å². The monoisotopic (exact) mass is 497 g/mol. The molecule has 2 amide bonds. The van der Waals surface area contributed by atoms with Gasteiger partial charge < -0.3 is 16.0 Å². The third-order valence-corrected chi connectivity index (χ3v) is 5.40. The number of hydrogen-bond donors (Lipinski definition) is 3. The average molecular weight is 498 g/mol. The molecule has 3 aromatic rings. The van der Waals surface area contributed by atoms with Crippen molar-refractivity contribution in [2.75, 3.05) is 23.7 Å². The first-order valence-corrected chi connectivity index (χ1v) is 11.3. The van der Waals surface area contributed by atoms with Gasteiger partial charge in [-0.25, -0.2) is 8.78 Å². The highest BCUT2D eigenvalue weighted by Crippen LogP contribution is 2.28. The molecule has 0 aromatic carbocycles. The number of halogens is 2. The molecule has 0 bridgehead atoms. The first-order chi connectivity index (χ1) is 17.1. The molecule has 3 aromatic heterocycles. The van der Waals surface area contributed by atoms with Crippen molar-refractivity contribution >= 4 is 34.8 Å². The summed E-state index contributed by atoms with van der Waals surface area (Å²) in [7, 11) is 1.58. The number of rotatable bonds is 9. The fourth-order valence-corrected chi connectivity index (χ4v) is 3.47. The zero-order chi connectivity index (χ0) is 26.4. The molecule has 0 radical (unpaired) electrons. The van der Waals surface area contributed by atoms with Crippen molar-refractivity contribution in [1.82, 2.24) is 25.1 Å². The van der Waals surface area contributed by atoms with E-state index >= 15 is 0 Å². The molecule has 190 valence electrons. The van der Waals surface area contributed by atoms with E-state index in [2.05, 4.69) is 31.0 Å². The lowest BCUT2D eigenvalue weighted by Crippen LogP contribution is -2.27. The van der Waals surface area contributed by atoms with Crippen LogP contribution in [0.4, 0.5) is 20.2 Å². The van der Waals surface area contributed by atoms with E-state index < -0.39 is 12.3 Å². The van der Waals surface area contributed by atoms with Crippen LogP contribution in [0.15, 0.2) is 30.7 Å². The van der Waals surface area contributed by atoms with E-state index in [-0.39, 0.29) is 23.7 Å². The number of carbonyl (C=O) groups is 2. The number of hydrogen-bond acceptors (Lipinski definition) is 6. The van der Waals surface area contributed by atoms with Gasteiger partial charge in [0.2, 0.25) is 5.91 Å². The molecule has 0 atom stereocenters. The Morgan fingerprint density at radius 2 is 1.83 bits per heavy atom. The predicted molar refractivity (Wildman–Crippen MR) is 135 cm³/mol. The van der Waals surface area contributed by atoms with Crippen LogP contribution in [0.5, 0.6) is 0 Å². The number of alkyl halides is 2. The van der Waals surface area contributed by atoms with Gasteiger partial charge in [0.15, 0.2) is 0 Å². The summed E-state index contributed by atoms with van der Waals surface area (Å²) in [6, 6.07) is 3.27. The molecule has 3 rings (SSSR count). The minimum atomic E-state index is -2.71. The first-order valence-electron chi connectivity index (χ1n) is 11.3. The molecule has 0 saturated carbocycles. The van der Waals surface area contributed by atoms with Gasteiger partial charge in [-0.3, -0.25) is 24.2 Å². The van der Waals surface area contributed by atoms with Gasteiger partial charge in [-0.1, -0.05) is 6.92 Å². The molecule has 0 saturated heterocycles. The number of aromatic nitrogens is 4. The van der Waals surface area contributed by atoms with E-state index in [0.29, 0.717) is 46.0 Å². The average Bonchev–Trinajstić information content (AvgIpc) is 3.23. The third kappa shape index (κ3) is 6.57. The molecule has 0 fully saturated rings. The Kier molecular flexibility index (Phi) is 8.59. The molecule has 0 aliphatic rings. The summed E-state index contributed by atoms with van der Waals surface area (Å²) in [6.45, 7) is 7.94. The number of nitrogens with zero attached hydrogens (tertiary/aromatic N) is 4. The molecular weight excluding hydrogens is 468 g/mol. The van der Waals surface area contributed by atoms with Crippen molar-refractivity contribution in [3.63, 3.8) is 0 Å². The van der Waals surface area contributed by atoms with Gasteiger partial charge in [0, 0.05) is 30.7 Å². The second-order valence-electron chi connectivity index (χ2n) is 8.27. The Balaban J connectivity index is 1.83. The zero-order valence-corrected chi connectivity index (χ0v) is 20.8. The van der Waals surface area contributed by atoms with Crippen molar-refractivity contribution in [3.8, 4) is 0 Å². The number of carbonyl (C=O) groups excluding carboxylic acids is 2. The standard InChI is InChI=1S/C25H29F2N7O2/c1-6-28-12-22(35)31-19-9-21(16(4)30-11-19)32-25(36)18-8-17(15(3)29-10-18)7-14(2)20-13-34(5)33-23(20)24(26)27/h7-11,13,24,28H,6,12H2,1-5H3,(H,31,35)(H,32,36)/b14-7+. The van der Waals surface area contributed by atoms with Crippen LogP contribution < -0.4 is 16.0 Å². The lowest BCUT2D eigenvalue weighted by atomic mass is 10.0. The molecule has 36 heavy (non-hydrogen) atoms. The normalized spacial score (nSPS) is 11.6. The summed E-state index contributed by atoms with van der Waals surface area (Å²) >= 11 is 0. The van der Waals surface area contributed by atoms with Crippen molar-refractivity contribution in [2.45, 2.75) is 34.1 Å². The number of pyridine rings is 2. The summed E-state index contributed by atoms with van der Waals surface area (Å²) in [5.74, 6) is -0.650. The van der Waals surface area contributed by atoms with Gasteiger partial charge in [0.05, 0.1) is 35.4 Å². The summed E-state index contributed by atoms with van der Waals surface area (Å²) in [4.78, 5) is 33.5. The zero-order valence-electron chi connectivity index (χ0n) is 20.8. The highest BCUT2D eigenvalue weighted by Gasteiger charge is 2.19. The topological polar surface area (TPSA) is 114 Å². The first kappa shape index (κ1) is 26.6. The maximum Gasteiger partial charge on any atom is 0.282 e. The van der Waals surface area contributed by atoms with Crippen LogP contribution in [0, 0.1) is 13.8 Å². The molecule has 0 spiro atoms. The molecule has 9 nitrogen and oxygen atoms in total. The second-order valence-corrected chi connectivity index (χ2v) is 8.27. The maximum atomic E-state index is 13.4. The number of anilines is 2. The SMILES string of the molecule is CCNCC(=O)Nc1cnc(C)c(NC(=O)c2cnc(C)c(/C=C(\C)c3cn(C)nc3C(F)F)c2)c1. The Morgan fingerprint density at radius 1 is 1.11 bits per heavy atom. The maximum absolute atomic E-state index is 13.4. The molecule has 0 aliphatic carbocycles. The molecule has 11 heteroatoms. The van der Waals surface area contributed by atoms with Crippen molar-refractivity contribution < 1.29 is 18.4 Å². The Morgan fingerprint density at radius 3 is 2.53 bits per heavy atom.